The number of nitrogens with one attached hydrogen (secondary N) is 2. The van der Waals surface area contributed by atoms with Gasteiger partial charge >= 0.3 is 0 Å². The van der Waals surface area contributed by atoms with Crippen molar-refractivity contribution in [2.45, 2.75) is 33.1 Å². The van der Waals surface area contributed by atoms with Gasteiger partial charge in [0.1, 0.15) is 0 Å². The molecule has 0 aliphatic rings. The average Bonchev–Trinajstić information content (AvgIpc) is 2.19. The maximum absolute atomic E-state index is 7.88. The first-order chi connectivity index (χ1) is 7.97. The summed E-state index contributed by atoms with van der Waals surface area (Å²) in [6, 6.07) is 7.54. The van der Waals surface area contributed by atoms with E-state index in [2.05, 4.69) is 13.8 Å². The van der Waals surface area contributed by atoms with E-state index in [4.69, 9.17) is 22.4 Å². The van der Waals surface area contributed by atoms with E-state index in [-0.39, 0.29) is 0 Å². The lowest BCUT2D eigenvalue weighted by molar-refractivity contribution is 0.678. The summed E-state index contributed by atoms with van der Waals surface area (Å²) in [6.07, 6.45) is 1.88. The van der Waals surface area contributed by atoms with Gasteiger partial charge < -0.3 is 10.8 Å². The molecule has 0 amide bonds. The highest BCUT2D eigenvalue weighted by atomic mass is 35.5. The van der Waals surface area contributed by atoms with Gasteiger partial charge in [0.15, 0.2) is 0 Å². The molecule has 0 saturated carbocycles. The van der Waals surface area contributed by atoms with Gasteiger partial charge in [0.25, 0.3) is 0 Å². The maximum atomic E-state index is 7.88. The summed E-state index contributed by atoms with van der Waals surface area (Å²) in [5, 5.41) is 16.4. The molecule has 0 bridgehead atoms. The van der Waals surface area contributed by atoms with Crippen molar-refractivity contribution in [1.82, 2.24) is 0 Å². The summed E-state index contributed by atoms with van der Waals surface area (Å²) < 4.78 is 0. The molecule has 2 nitrogen and oxygen atoms in total. The summed E-state index contributed by atoms with van der Waals surface area (Å²) in [5.74, 6) is 0.492. The molecule has 0 radical (unpaired) electrons. The molecule has 0 heterocycles. The van der Waals surface area contributed by atoms with E-state index in [0.717, 1.165) is 12.0 Å². The fraction of sp³-hybridized carbons (Fsp3) is 0.429. The van der Waals surface area contributed by atoms with Crippen LogP contribution in [0.2, 0.25) is 5.02 Å². The van der Waals surface area contributed by atoms with Crippen molar-refractivity contribution in [3.8, 4) is 0 Å². The molecule has 0 aliphatic heterocycles. The molecule has 0 fully saturated rings. The van der Waals surface area contributed by atoms with Gasteiger partial charge in [-0.15, -0.1) is 0 Å². The van der Waals surface area contributed by atoms with Crippen molar-refractivity contribution in [3.63, 3.8) is 0 Å². The van der Waals surface area contributed by atoms with Gasteiger partial charge in [0.2, 0.25) is 0 Å². The highest BCUT2D eigenvalue weighted by Crippen LogP contribution is 2.11. The Morgan fingerprint density at radius 1 is 1.12 bits per heavy atom. The fourth-order valence-electron chi connectivity index (χ4n) is 1.73. The van der Waals surface area contributed by atoms with Gasteiger partial charge in [0, 0.05) is 29.3 Å². The van der Waals surface area contributed by atoms with E-state index in [1.54, 1.807) is 0 Å². The third-order valence-electron chi connectivity index (χ3n) is 2.41. The van der Waals surface area contributed by atoms with E-state index in [1.165, 1.54) is 0 Å². The quantitative estimate of drug-likeness (QED) is 0.705. The SMILES string of the molecule is CC(C)CC(=N)CC(=N)Cc1ccc(Cl)cc1. The van der Waals surface area contributed by atoms with Crippen LogP contribution in [0.3, 0.4) is 0 Å². The average molecular weight is 251 g/mol. The number of halogens is 1. The molecule has 3 heteroatoms. The predicted octanol–water partition coefficient (Wildman–Crippen LogP) is 4.36. The second-order valence-electron chi connectivity index (χ2n) is 4.79. The van der Waals surface area contributed by atoms with Crippen LogP contribution in [0, 0.1) is 16.7 Å². The topological polar surface area (TPSA) is 47.7 Å². The molecular formula is C14H19ClN2. The van der Waals surface area contributed by atoms with E-state index in [1.807, 2.05) is 24.3 Å². The van der Waals surface area contributed by atoms with Crippen LogP contribution in [0.5, 0.6) is 0 Å². The molecule has 2 N–H and O–H groups in total. The molecule has 0 spiro atoms. The van der Waals surface area contributed by atoms with Crippen LogP contribution in [-0.2, 0) is 6.42 Å². The van der Waals surface area contributed by atoms with Gasteiger partial charge in [-0.2, -0.15) is 0 Å². The molecule has 1 rings (SSSR count). The van der Waals surface area contributed by atoms with Crippen molar-refractivity contribution in [2.24, 2.45) is 5.92 Å². The Kier molecular flexibility index (Phi) is 5.36. The monoisotopic (exact) mass is 250 g/mol. The molecule has 92 valence electrons. The van der Waals surface area contributed by atoms with Crippen LogP contribution < -0.4 is 0 Å². The Bertz CT molecular complexity index is 393. The lowest BCUT2D eigenvalue weighted by Gasteiger charge is -2.08. The lowest BCUT2D eigenvalue weighted by Crippen LogP contribution is -2.10. The molecule has 1 aromatic carbocycles. The van der Waals surface area contributed by atoms with Crippen molar-refractivity contribution in [1.29, 1.82) is 10.8 Å². The molecule has 0 aliphatic carbocycles. The van der Waals surface area contributed by atoms with Gasteiger partial charge in [-0.05, 0) is 30.0 Å². The van der Waals surface area contributed by atoms with E-state index in [0.29, 0.717) is 35.2 Å². The summed E-state index contributed by atoms with van der Waals surface area (Å²) in [7, 11) is 0. The van der Waals surface area contributed by atoms with Crippen LogP contribution >= 0.6 is 11.6 Å². The third kappa shape index (κ3) is 5.64. The third-order valence-corrected chi connectivity index (χ3v) is 2.66. The van der Waals surface area contributed by atoms with Crippen LogP contribution in [0.1, 0.15) is 32.3 Å². The van der Waals surface area contributed by atoms with Crippen LogP contribution in [0.15, 0.2) is 24.3 Å². The Morgan fingerprint density at radius 3 is 2.24 bits per heavy atom. The van der Waals surface area contributed by atoms with E-state index >= 15 is 0 Å². The zero-order valence-corrected chi connectivity index (χ0v) is 11.1. The Hall–Kier alpha value is -1.15. The van der Waals surface area contributed by atoms with Gasteiger partial charge in [-0.25, -0.2) is 0 Å². The van der Waals surface area contributed by atoms with Crippen molar-refractivity contribution >= 4 is 23.0 Å². The van der Waals surface area contributed by atoms with Crippen LogP contribution in [0.4, 0.5) is 0 Å². The van der Waals surface area contributed by atoms with Gasteiger partial charge in [-0.3, -0.25) is 0 Å². The van der Waals surface area contributed by atoms with Gasteiger partial charge in [0.05, 0.1) is 0 Å². The summed E-state index contributed by atoms with van der Waals surface area (Å²) in [4.78, 5) is 0. The highest BCUT2D eigenvalue weighted by molar-refractivity contribution is 6.30. The van der Waals surface area contributed by atoms with Crippen LogP contribution in [0.25, 0.3) is 0 Å². The molecule has 0 aromatic heterocycles. The predicted molar refractivity (Wildman–Crippen MR) is 74.7 cm³/mol. The number of hydrogen-bond donors (Lipinski definition) is 2. The first-order valence-electron chi connectivity index (χ1n) is 5.84. The summed E-state index contributed by atoms with van der Waals surface area (Å²) >= 11 is 5.80. The number of rotatable bonds is 6. The zero-order chi connectivity index (χ0) is 12.8. The molecule has 0 unspecified atom stereocenters. The van der Waals surface area contributed by atoms with Gasteiger partial charge in [-0.1, -0.05) is 37.6 Å². The Morgan fingerprint density at radius 2 is 1.71 bits per heavy atom. The molecular weight excluding hydrogens is 232 g/mol. The molecule has 1 aromatic rings. The van der Waals surface area contributed by atoms with E-state index < -0.39 is 0 Å². The summed E-state index contributed by atoms with van der Waals surface area (Å²) in [6.45, 7) is 4.19. The molecule has 0 saturated heterocycles. The number of hydrogen-bond acceptors (Lipinski definition) is 2. The lowest BCUT2D eigenvalue weighted by atomic mass is 9.99. The van der Waals surface area contributed by atoms with Crippen LogP contribution in [-0.4, -0.2) is 11.4 Å². The number of benzene rings is 1. The van der Waals surface area contributed by atoms with Crippen molar-refractivity contribution < 1.29 is 0 Å². The minimum atomic E-state index is 0.487. The standard InChI is InChI=1S/C14H19ClN2/c1-10(2)7-13(16)9-14(17)8-11-3-5-12(15)6-4-11/h3-6,10,16-17H,7-9H2,1-2H3. The molecule has 0 atom stereocenters. The second-order valence-corrected chi connectivity index (χ2v) is 5.22. The minimum absolute atomic E-state index is 0.487. The summed E-state index contributed by atoms with van der Waals surface area (Å²) in [5.41, 5.74) is 2.33. The Balaban J connectivity index is 2.44. The smallest absolute Gasteiger partial charge is 0.0406 e. The minimum Gasteiger partial charge on any atom is -0.309 e. The van der Waals surface area contributed by atoms with E-state index in [9.17, 15) is 0 Å². The first-order valence-corrected chi connectivity index (χ1v) is 6.22. The molecule has 17 heavy (non-hydrogen) atoms. The normalized spacial score (nSPS) is 10.6. The first kappa shape index (κ1) is 13.9. The second kappa shape index (κ2) is 6.55. The fourth-order valence-corrected chi connectivity index (χ4v) is 1.86. The largest absolute Gasteiger partial charge is 0.309 e. The zero-order valence-electron chi connectivity index (χ0n) is 10.4. The maximum Gasteiger partial charge on any atom is 0.0406 e. The Labute approximate surface area is 108 Å². The highest BCUT2D eigenvalue weighted by Gasteiger charge is 2.06. The van der Waals surface area contributed by atoms with Crippen molar-refractivity contribution in [2.75, 3.05) is 0 Å². The van der Waals surface area contributed by atoms with Crippen molar-refractivity contribution in [3.05, 3.63) is 34.9 Å².